The molecule has 3 aliphatic rings. The number of hydrogen-bond donors (Lipinski definition) is 2. The highest BCUT2D eigenvalue weighted by Gasteiger charge is 2.63. The molecule has 8 atom stereocenters. The van der Waals surface area contributed by atoms with Gasteiger partial charge in [-0.3, -0.25) is 0 Å². The molecule has 0 amide bonds. The van der Waals surface area contributed by atoms with Gasteiger partial charge < -0.3 is 15.0 Å². The van der Waals surface area contributed by atoms with Crippen LogP contribution in [0.5, 0.6) is 0 Å². The van der Waals surface area contributed by atoms with Gasteiger partial charge in [-0.2, -0.15) is 0 Å². The first-order valence-corrected chi connectivity index (χ1v) is 14.7. The van der Waals surface area contributed by atoms with Gasteiger partial charge in [-0.1, -0.05) is 62.3 Å². The minimum Gasteiger partial charge on any atom is -0.393 e. The summed E-state index contributed by atoms with van der Waals surface area (Å²) in [5.41, 5.74) is 0.288. The van der Waals surface area contributed by atoms with E-state index in [-0.39, 0.29) is 39.3 Å². The molecule has 1 unspecified atom stereocenters. The zero-order valence-electron chi connectivity index (χ0n) is 24.8. The largest absolute Gasteiger partial charge is 0.393 e. The van der Waals surface area contributed by atoms with Gasteiger partial charge in [-0.15, -0.1) is 0 Å². The van der Waals surface area contributed by atoms with Crippen molar-refractivity contribution in [2.75, 3.05) is 0 Å². The molecule has 3 saturated carbocycles. The second-order valence-corrected chi connectivity index (χ2v) is 16.0. The number of carbonyl (C=O) groups is 1. The summed E-state index contributed by atoms with van der Waals surface area (Å²) in [6.07, 6.45) is 11.0. The number of aldehydes is 1. The van der Waals surface area contributed by atoms with E-state index >= 15 is 0 Å². The fraction of sp³-hybridized carbons (Fsp3) is 0.969. The Morgan fingerprint density at radius 2 is 1.63 bits per heavy atom. The molecule has 204 valence electrons. The highest BCUT2D eigenvalue weighted by Crippen LogP contribution is 2.69. The standard InChI is InChI=1S/C32H58O3/c1-22-20-27(3,4)15-17-32(22,21-33)18-16-28(5,6)31(10)14-11-24-29(7,8)26(35)12-13-30(24,9)25(31)19-23(2)34/h21-26,34-35H,11-20H2,1-10H3/t22?,23-,24-,25+,26-,30-,31+,32+/m0/s1. The predicted octanol–water partition coefficient (Wildman–Crippen LogP) is 7.81. The predicted molar refractivity (Wildman–Crippen MR) is 146 cm³/mol. The van der Waals surface area contributed by atoms with Crippen LogP contribution in [0.2, 0.25) is 0 Å². The topological polar surface area (TPSA) is 57.5 Å². The van der Waals surface area contributed by atoms with Crippen LogP contribution in [0.15, 0.2) is 0 Å². The highest BCUT2D eigenvalue weighted by atomic mass is 16.3. The lowest BCUT2D eigenvalue weighted by molar-refractivity contribution is -0.202. The first-order chi connectivity index (χ1) is 15.9. The van der Waals surface area contributed by atoms with Crippen LogP contribution < -0.4 is 0 Å². The minimum atomic E-state index is -0.331. The molecular formula is C32H58O3. The average Bonchev–Trinajstić information content (AvgIpc) is 2.73. The van der Waals surface area contributed by atoms with E-state index in [0.717, 1.165) is 64.2 Å². The molecule has 0 spiro atoms. The number of aliphatic hydroxyl groups excluding tert-OH is 2. The minimum absolute atomic E-state index is 0.0590. The Bertz CT molecular complexity index is 767. The number of hydrogen-bond acceptors (Lipinski definition) is 3. The fourth-order valence-electron chi connectivity index (χ4n) is 9.61. The Labute approximate surface area is 217 Å². The monoisotopic (exact) mass is 490 g/mol. The van der Waals surface area contributed by atoms with Gasteiger partial charge in [0, 0.05) is 5.41 Å². The third-order valence-corrected chi connectivity index (χ3v) is 12.7. The van der Waals surface area contributed by atoms with Crippen molar-refractivity contribution in [2.24, 2.45) is 50.2 Å². The van der Waals surface area contributed by atoms with Crippen molar-refractivity contribution in [1.82, 2.24) is 0 Å². The average molecular weight is 491 g/mol. The van der Waals surface area contributed by atoms with E-state index in [4.69, 9.17) is 0 Å². The van der Waals surface area contributed by atoms with Crippen LogP contribution >= 0.6 is 0 Å². The van der Waals surface area contributed by atoms with Gasteiger partial charge in [0.25, 0.3) is 0 Å². The summed E-state index contributed by atoms with van der Waals surface area (Å²) in [4.78, 5) is 12.6. The summed E-state index contributed by atoms with van der Waals surface area (Å²) < 4.78 is 0. The molecule has 0 aliphatic heterocycles. The van der Waals surface area contributed by atoms with Crippen LogP contribution in [0, 0.1) is 50.2 Å². The molecule has 3 aliphatic carbocycles. The summed E-state index contributed by atoms with van der Waals surface area (Å²) >= 11 is 0. The lowest BCUT2D eigenvalue weighted by atomic mass is 9.38. The van der Waals surface area contributed by atoms with Crippen LogP contribution in [0.1, 0.15) is 133 Å². The van der Waals surface area contributed by atoms with Gasteiger partial charge >= 0.3 is 0 Å². The van der Waals surface area contributed by atoms with Crippen molar-refractivity contribution < 1.29 is 15.0 Å². The van der Waals surface area contributed by atoms with E-state index in [1.807, 2.05) is 6.92 Å². The Balaban J connectivity index is 1.91. The molecule has 0 aromatic rings. The molecule has 3 nitrogen and oxygen atoms in total. The zero-order chi connectivity index (χ0) is 26.7. The van der Waals surface area contributed by atoms with Gasteiger partial charge in [-0.25, -0.2) is 0 Å². The first kappa shape index (κ1) is 29.2. The number of aliphatic hydroxyl groups is 2. The fourth-order valence-corrected chi connectivity index (χ4v) is 9.61. The summed E-state index contributed by atoms with van der Waals surface area (Å²) in [5.74, 6) is 1.29. The van der Waals surface area contributed by atoms with Gasteiger partial charge in [0.1, 0.15) is 6.29 Å². The van der Waals surface area contributed by atoms with Crippen molar-refractivity contribution in [2.45, 2.75) is 146 Å². The van der Waals surface area contributed by atoms with E-state index in [9.17, 15) is 15.0 Å². The Kier molecular flexibility index (Phi) is 7.83. The third-order valence-electron chi connectivity index (χ3n) is 12.7. The van der Waals surface area contributed by atoms with Gasteiger partial charge in [0.15, 0.2) is 0 Å². The van der Waals surface area contributed by atoms with Gasteiger partial charge in [-0.05, 0) is 116 Å². The van der Waals surface area contributed by atoms with Crippen molar-refractivity contribution >= 4 is 6.29 Å². The first-order valence-electron chi connectivity index (χ1n) is 14.7. The number of rotatable bonds is 7. The maximum absolute atomic E-state index is 12.6. The molecule has 3 rings (SSSR count). The molecule has 0 heterocycles. The maximum Gasteiger partial charge on any atom is 0.126 e. The van der Waals surface area contributed by atoms with Crippen LogP contribution in [0.4, 0.5) is 0 Å². The Morgan fingerprint density at radius 1 is 1.00 bits per heavy atom. The van der Waals surface area contributed by atoms with E-state index < -0.39 is 0 Å². The number of carbonyl (C=O) groups excluding carboxylic acids is 1. The zero-order valence-corrected chi connectivity index (χ0v) is 24.8. The third kappa shape index (κ3) is 4.91. The quantitative estimate of drug-likeness (QED) is 0.358. The molecule has 3 heteroatoms. The van der Waals surface area contributed by atoms with Crippen LogP contribution in [0.3, 0.4) is 0 Å². The van der Waals surface area contributed by atoms with Crippen molar-refractivity contribution in [1.29, 1.82) is 0 Å². The van der Waals surface area contributed by atoms with Crippen molar-refractivity contribution in [3.8, 4) is 0 Å². The second kappa shape index (κ2) is 9.40. The molecule has 0 bridgehead atoms. The second-order valence-electron chi connectivity index (χ2n) is 16.0. The summed E-state index contributed by atoms with van der Waals surface area (Å²) in [6, 6.07) is 0. The summed E-state index contributed by atoms with van der Waals surface area (Å²) in [6.45, 7) is 23.4. The Morgan fingerprint density at radius 3 is 2.17 bits per heavy atom. The van der Waals surface area contributed by atoms with E-state index in [0.29, 0.717) is 23.2 Å². The normalized spacial score (nSPS) is 44.3. The summed E-state index contributed by atoms with van der Waals surface area (Å²) in [7, 11) is 0. The van der Waals surface area contributed by atoms with Crippen LogP contribution in [-0.4, -0.2) is 28.7 Å². The Hall–Kier alpha value is -0.410. The maximum atomic E-state index is 12.6. The molecule has 0 saturated heterocycles. The molecular weight excluding hydrogens is 432 g/mol. The van der Waals surface area contributed by atoms with E-state index in [1.54, 1.807) is 0 Å². The van der Waals surface area contributed by atoms with Crippen LogP contribution in [-0.2, 0) is 4.79 Å². The van der Waals surface area contributed by atoms with Gasteiger partial charge in [0.2, 0.25) is 0 Å². The lowest BCUT2D eigenvalue weighted by Gasteiger charge is -2.67. The van der Waals surface area contributed by atoms with E-state index in [2.05, 4.69) is 62.3 Å². The lowest BCUT2D eigenvalue weighted by Crippen LogP contribution is -2.61. The SMILES string of the molecule is CC1CC(C)(C)CC[C@]1(C=O)CCC(C)(C)[C@]1(C)CC[C@H]2C(C)(C)[C@@H](O)CC[C@]2(C)[C@H]1C[C@H](C)O. The smallest absolute Gasteiger partial charge is 0.126 e. The summed E-state index contributed by atoms with van der Waals surface area (Å²) in [5, 5.41) is 21.6. The molecule has 2 N–H and O–H groups in total. The molecule has 3 fully saturated rings. The van der Waals surface area contributed by atoms with E-state index in [1.165, 1.54) is 6.29 Å². The van der Waals surface area contributed by atoms with Crippen molar-refractivity contribution in [3.63, 3.8) is 0 Å². The molecule has 35 heavy (non-hydrogen) atoms. The van der Waals surface area contributed by atoms with Gasteiger partial charge in [0.05, 0.1) is 12.2 Å². The van der Waals surface area contributed by atoms with Crippen LogP contribution in [0.25, 0.3) is 0 Å². The molecule has 0 radical (unpaired) electrons. The highest BCUT2D eigenvalue weighted by molar-refractivity contribution is 5.60. The molecule has 0 aromatic carbocycles. The number of fused-ring (bicyclic) bond motifs is 1. The van der Waals surface area contributed by atoms with Crippen molar-refractivity contribution in [3.05, 3.63) is 0 Å². The molecule has 0 aromatic heterocycles.